The third-order valence-corrected chi connectivity index (χ3v) is 5.71. The number of hydrogen-bond donors (Lipinski definition) is 2. The molecule has 2 N–H and O–H groups in total. The van der Waals surface area contributed by atoms with Crippen LogP contribution in [-0.2, 0) is 26.1 Å². The van der Waals surface area contributed by atoms with E-state index in [0.717, 1.165) is 11.6 Å². The summed E-state index contributed by atoms with van der Waals surface area (Å²) in [5.41, 5.74) is 1.02. The minimum Gasteiger partial charge on any atom is -0.452 e. The molecule has 0 radical (unpaired) electrons. The zero-order chi connectivity index (χ0) is 23.0. The lowest BCUT2D eigenvalue weighted by atomic mass is 10.2. The van der Waals surface area contributed by atoms with Crippen LogP contribution in [0.5, 0.6) is 0 Å². The lowest BCUT2D eigenvalue weighted by Gasteiger charge is -2.09. The molecule has 0 unspecified atom stereocenters. The van der Waals surface area contributed by atoms with Gasteiger partial charge in [0.05, 0.1) is 10.5 Å². The molecular weight excluding hydrogens is 432 g/mol. The lowest BCUT2D eigenvalue weighted by molar-refractivity contribution is -0.123. The van der Waals surface area contributed by atoms with E-state index in [2.05, 4.69) is 10.0 Å². The van der Waals surface area contributed by atoms with Crippen LogP contribution in [0.2, 0.25) is 0 Å². The Kier molecular flexibility index (Phi) is 7.48. The van der Waals surface area contributed by atoms with Gasteiger partial charge in [-0.3, -0.25) is 14.9 Å². The van der Waals surface area contributed by atoms with Crippen molar-refractivity contribution in [3.05, 3.63) is 102 Å². The molecule has 3 aromatic carbocycles. The molecule has 0 heterocycles. The van der Waals surface area contributed by atoms with Gasteiger partial charge in [0, 0.05) is 12.1 Å². The molecule has 0 aromatic heterocycles. The van der Waals surface area contributed by atoms with Crippen molar-refractivity contribution in [1.29, 1.82) is 0 Å². The monoisotopic (exact) mass is 452 g/mol. The summed E-state index contributed by atoms with van der Waals surface area (Å²) in [6.07, 6.45) is 0. The molecule has 9 heteroatoms. The van der Waals surface area contributed by atoms with Crippen molar-refractivity contribution in [2.24, 2.45) is 0 Å². The van der Waals surface area contributed by atoms with Gasteiger partial charge >= 0.3 is 5.97 Å². The summed E-state index contributed by atoms with van der Waals surface area (Å²) >= 11 is 0. The van der Waals surface area contributed by atoms with Crippen LogP contribution in [0.3, 0.4) is 0 Å². The first-order valence-electron chi connectivity index (χ1n) is 9.55. The summed E-state index contributed by atoms with van der Waals surface area (Å²) in [6.45, 7) is -0.603. The number of carbonyl (C=O) groups is 3. The van der Waals surface area contributed by atoms with Gasteiger partial charge in [-0.05, 0) is 35.9 Å². The van der Waals surface area contributed by atoms with Crippen molar-refractivity contribution in [1.82, 2.24) is 10.0 Å². The Bertz CT molecular complexity index is 1210. The molecule has 0 fully saturated rings. The molecule has 164 valence electrons. The summed E-state index contributed by atoms with van der Waals surface area (Å²) in [7, 11) is -3.87. The predicted octanol–water partition coefficient (Wildman–Crippen LogP) is 2.28. The SMILES string of the molecule is O=C(COC(=O)c1cccc(S(=O)(=O)NCc2ccccc2)c1)NC(=O)c1ccccc1. The first-order valence-corrected chi connectivity index (χ1v) is 11.0. The van der Waals surface area contributed by atoms with Crippen molar-refractivity contribution in [2.45, 2.75) is 11.4 Å². The summed E-state index contributed by atoms with van der Waals surface area (Å²) in [5.74, 6) is -2.32. The largest absolute Gasteiger partial charge is 0.452 e. The van der Waals surface area contributed by atoms with E-state index in [0.29, 0.717) is 0 Å². The number of imide groups is 1. The highest BCUT2D eigenvalue weighted by Gasteiger charge is 2.18. The first-order chi connectivity index (χ1) is 15.3. The standard InChI is InChI=1S/C23H20N2O6S/c26-21(25-22(27)18-10-5-2-6-11-18)16-31-23(28)19-12-7-13-20(14-19)32(29,30)24-15-17-8-3-1-4-9-17/h1-14,24H,15-16H2,(H,25,26,27). The molecule has 0 aliphatic heterocycles. The van der Waals surface area contributed by atoms with Gasteiger partial charge in [-0.15, -0.1) is 0 Å². The topological polar surface area (TPSA) is 119 Å². The average molecular weight is 452 g/mol. The highest BCUT2D eigenvalue weighted by molar-refractivity contribution is 7.89. The van der Waals surface area contributed by atoms with Crippen LogP contribution in [0.15, 0.2) is 89.8 Å². The highest BCUT2D eigenvalue weighted by atomic mass is 32.2. The van der Waals surface area contributed by atoms with E-state index in [9.17, 15) is 22.8 Å². The quantitative estimate of drug-likeness (QED) is 0.506. The molecule has 0 bridgehead atoms. The summed E-state index contributed by atoms with van der Waals surface area (Å²) < 4.78 is 32.4. The van der Waals surface area contributed by atoms with Gasteiger partial charge in [-0.25, -0.2) is 17.9 Å². The summed E-state index contributed by atoms with van der Waals surface area (Å²) in [5, 5.41) is 2.11. The van der Waals surface area contributed by atoms with E-state index < -0.39 is 34.4 Å². The molecule has 0 saturated heterocycles. The number of nitrogens with one attached hydrogen (secondary N) is 2. The van der Waals surface area contributed by atoms with Crippen LogP contribution in [0.25, 0.3) is 0 Å². The Hall–Kier alpha value is -3.82. The Labute approximate surface area is 185 Å². The fraction of sp³-hybridized carbons (Fsp3) is 0.0870. The van der Waals surface area contributed by atoms with Gasteiger partial charge in [0.15, 0.2) is 6.61 Å². The number of carbonyl (C=O) groups excluding carboxylic acids is 3. The van der Waals surface area contributed by atoms with Crippen LogP contribution in [0.1, 0.15) is 26.3 Å². The maximum absolute atomic E-state index is 12.5. The Morgan fingerprint density at radius 3 is 2.09 bits per heavy atom. The van der Waals surface area contributed by atoms with E-state index in [1.165, 1.54) is 30.3 Å². The second-order valence-corrected chi connectivity index (χ2v) is 8.42. The van der Waals surface area contributed by atoms with Crippen molar-refractivity contribution >= 4 is 27.8 Å². The highest BCUT2D eigenvalue weighted by Crippen LogP contribution is 2.13. The van der Waals surface area contributed by atoms with Gasteiger partial charge in [-0.1, -0.05) is 54.6 Å². The molecular formula is C23H20N2O6S. The van der Waals surface area contributed by atoms with E-state index in [1.807, 2.05) is 6.07 Å². The zero-order valence-corrected chi connectivity index (χ0v) is 17.7. The number of esters is 1. The minimum atomic E-state index is -3.87. The van der Waals surface area contributed by atoms with Gasteiger partial charge in [0.25, 0.3) is 11.8 Å². The third kappa shape index (κ3) is 6.34. The predicted molar refractivity (Wildman–Crippen MR) is 116 cm³/mol. The van der Waals surface area contributed by atoms with Crippen LogP contribution in [0, 0.1) is 0 Å². The normalized spacial score (nSPS) is 10.9. The van der Waals surface area contributed by atoms with Crippen LogP contribution < -0.4 is 10.0 Å². The Balaban J connectivity index is 1.57. The van der Waals surface area contributed by atoms with Gasteiger partial charge in [0.2, 0.25) is 10.0 Å². The van der Waals surface area contributed by atoms with Gasteiger partial charge in [0.1, 0.15) is 0 Å². The van der Waals surface area contributed by atoms with Gasteiger partial charge in [-0.2, -0.15) is 0 Å². The van der Waals surface area contributed by atoms with Crippen molar-refractivity contribution < 1.29 is 27.5 Å². The fourth-order valence-electron chi connectivity index (χ4n) is 2.69. The fourth-order valence-corrected chi connectivity index (χ4v) is 3.75. The van der Waals surface area contributed by atoms with E-state index in [1.54, 1.807) is 42.5 Å². The molecule has 3 rings (SSSR count). The maximum Gasteiger partial charge on any atom is 0.338 e. The van der Waals surface area contributed by atoms with Gasteiger partial charge < -0.3 is 4.74 Å². The summed E-state index contributed by atoms with van der Waals surface area (Å²) in [6, 6.07) is 22.3. The maximum atomic E-state index is 12.5. The molecule has 3 aromatic rings. The molecule has 0 atom stereocenters. The number of rotatable bonds is 8. The first kappa shape index (κ1) is 22.9. The molecule has 0 aliphatic rings. The average Bonchev–Trinajstić information content (AvgIpc) is 2.82. The Morgan fingerprint density at radius 1 is 0.781 bits per heavy atom. The molecule has 0 spiro atoms. The third-order valence-electron chi connectivity index (χ3n) is 4.31. The van der Waals surface area contributed by atoms with Crippen LogP contribution >= 0.6 is 0 Å². The smallest absolute Gasteiger partial charge is 0.338 e. The molecule has 0 saturated carbocycles. The van der Waals surface area contributed by atoms with E-state index in [-0.39, 0.29) is 22.6 Å². The second-order valence-electron chi connectivity index (χ2n) is 6.66. The van der Waals surface area contributed by atoms with Crippen LogP contribution in [-0.4, -0.2) is 32.8 Å². The molecule has 8 nitrogen and oxygen atoms in total. The van der Waals surface area contributed by atoms with E-state index >= 15 is 0 Å². The van der Waals surface area contributed by atoms with Crippen molar-refractivity contribution in [3.63, 3.8) is 0 Å². The summed E-state index contributed by atoms with van der Waals surface area (Å²) in [4.78, 5) is 36.0. The van der Waals surface area contributed by atoms with Crippen molar-refractivity contribution in [3.8, 4) is 0 Å². The number of amides is 2. The second kappa shape index (κ2) is 10.5. The molecule has 32 heavy (non-hydrogen) atoms. The van der Waals surface area contributed by atoms with E-state index in [4.69, 9.17) is 4.74 Å². The number of sulfonamides is 1. The Morgan fingerprint density at radius 2 is 1.41 bits per heavy atom. The molecule has 0 aliphatic carbocycles. The zero-order valence-electron chi connectivity index (χ0n) is 16.9. The number of hydrogen-bond acceptors (Lipinski definition) is 6. The number of ether oxygens (including phenoxy) is 1. The lowest BCUT2D eigenvalue weighted by Crippen LogP contribution is -2.34. The molecule has 2 amide bonds. The van der Waals surface area contributed by atoms with Crippen LogP contribution in [0.4, 0.5) is 0 Å². The van der Waals surface area contributed by atoms with Crippen molar-refractivity contribution in [2.75, 3.05) is 6.61 Å². The number of benzene rings is 3. The minimum absolute atomic E-state index is 0.0465.